The summed E-state index contributed by atoms with van der Waals surface area (Å²) in [4.78, 5) is 26.5. The number of non-ortho nitro benzene ring substituents is 1. The quantitative estimate of drug-likeness (QED) is 0.554. The first-order valence-electron chi connectivity index (χ1n) is 10.2. The number of nitrogens with zero attached hydrogens (tertiary/aromatic N) is 2. The number of rotatable bonds is 7. The summed E-state index contributed by atoms with van der Waals surface area (Å²) in [5.41, 5.74) is 4.43. The molecule has 0 atom stereocenters. The molecule has 1 heterocycles. The Kier molecular flexibility index (Phi) is 6.82. The minimum atomic E-state index is -0.384. The van der Waals surface area contributed by atoms with E-state index in [9.17, 15) is 14.9 Å². The van der Waals surface area contributed by atoms with Crippen molar-refractivity contribution in [1.82, 2.24) is 0 Å². The average molecular weight is 397 g/mol. The lowest BCUT2D eigenvalue weighted by atomic mass is 10.0. The summed E-state index contributed by atoms with van der Waals surface area (Å²) in [5, 5.41) is 13.9. The van der Waals surface area contributed by atoms with Crippen LogP contribution in [0.25, 0.3) is 0 Å². The van der Waals surface area contributed by atoms with E-state index in [2.05, 4.69) is 42.3 Å². The van der Waals surface area contributed by atoms with Crippen LogP contribution in [0.15, 0.2) is 42.5 Å². The average Bonchev–Trinajstić information content (AvgIpc) is 2.74. The Hall–Kier alpha value is -2.93. The Bertz CT molecular complexity index is 837. The number of benzene rings is 2. The van der Waals surface area contributed by atoms with Crippen LogP contribution >= 0.6 is 0 Å². The molecule has 1 amide bonds. The van der Waals surface area contributed by atoms with Gasteiger partial charge in [0, 0.05) is 23.5 Å². The SMILES string of the molecule is CCc1cccc(CC)c1NC(=O)C[NH+]1CCN(c2ccc([N+](=O)[O-])cc2)CC1. The third-order valence-corrected chi connectivity index (χ3v) is 5.57. The van der Waals surface area contributed by atoms with Crippen LogP contribution in [0.4, 0.5) is 17.1 Å². The third kappa shape index (κ3) is 5.12. The van der Waals surface area contributed by atoms with Gasteiger partial charge in [0.05, 0.1) is 31.1 Å². The van der Waals surface area contributed by atoms with Gasteiger partial charge in [-0.05, 0) is 36.1 Å². The molecule has 1 fully saturated rings. The molecule has 154 valence electrons. The Morgan fingerprint density at radius 1 is 1.07 bits per heavy atom. The van der Waals surface area contributed by atoms with Crippen LogP contribution in [0.3, 0.4) is 0 Å². The first-order valence-corrected chi connectivity index (χ1v) is 10.2. The molecule has 0 spiro atoms. The van der Waals surface area contributed by atoms with Crippen LogP contribution in [0, 0.1) is 10.1 Å². The first-order chi connectivity index (χ1) is 14.0. The van der Waals surface area contributed by atoms with Crippen LogP contribution in [0.5, 0.6) is 0 Å². The molecule has 1 saturated heterocycles. The standard InChI is InChI=1S/C22H28N4O3/c1-3-17-6-5-7-18(4-2)22(17)23-21(27)16-24-12-14-25(15-13-24)19-8-10-20(11-9-19)26(28)29/h5-11H,3-4,12-16H2,1-2H3,(H,23,27)/p+1. The fraction of sp³-hybridized carbons (Fsp3) is 0.409. The van der Waals surface area contributed by atoms with Crippen molar-refractivity contribution >= 4 is 23.0 Å². The molecule has 3 rings (SSSR count). The topological polar surface area (TPSA) is 79.9 Å². The molecule has 2 aromatic rings. The highest BCUT2D eigenvalue weighted by Crippen LogP contribution is 2.22. The maximum absolute atomic E-state index is 12.7. The molecule has 1 aliphatic heterocycles. The van der Waals surface area contributed by atoms with Gasteiger partial charge in [-0.1, -0.05) is 32.0 Å². The number of hydrogen-bond donors (Lipinski definition) is 2. The number of nitrogens with one attached hydrogen (secondary N) is 2. The monoisotopic (exact) mass is 397 g/mol. The Labute approximate surface area is 171 Å². The number of carbonyl (C=O) groups excluding carboxylic acids is 1. The second-order valence-electron chi connectivity index (χ2n) is 7.39. The number of nitro groups is 1. The fourth-order valence-electron chi connectivity index (χ4n) is 3.86. The molecule has 1 aliphatic rings. The summed E-state index contributed by atoms with van der Waals surface area (Å²) in [6.45, 7) is 8.04. The Morgan fingerprint density at radius 2 is 1.66 bits per heavy atom. The normalized spacial score (nSPS) is 14.6. The summed E-state index contributed by atoms with van der Waals surface area (Å²) in [7, 11) is 0. The number of anilines is 2. The number of nitro benzene ring substituents is 1. The Morgan fingerprint density at radius 3 is 2.17 bits per heavy atom. The molecule has 7 nitrogen and oxygen atoms in total. The zero-order valence-electron chi connectivity index (χ0n) is 17.1. The van der Waals surface area contributed by atoms with Crippen LogP contribution in [-0.4, -0.2) is 43.6 Å². The maximum atomic E-state index is 12.7. The molecule has 29 heavy (non-hydrogen) atoms. The molecule has 0 saturated carbocycles. The number of para-hydroxylation sites is 1. The molecular formula is C22H29N4O3+. The van der Waals surface area contributed by atoms with Gasteiger partial charge in [0.25, 0.3) is 11.6 Å². The van der Waals surface area contributed by atoms with Crippen molar-refractivity contribution < 1.29 is 14.6 Å². The van der Waals surface area contributed by atoms with E-state index in [1.807, 2.05) is 0 Å². The van der Waals surface area contributed by atoms with Crippen LogP contribution in [-0.2, 0) is 17.6 Å². The zero-order valence-corrected chi connectivity index (χ0v) is 17.1. The summed E-state index contributed by atoms with van der Waals surface area (Å²) in [6, 6.07) is 12.9. The van der Waals surface area contributed by atoms with Crippen LogP contribution in [0.1, 0.15) is 25.0 Å². The number of carbonyl (C=O) groups is 1. The van der Waals surface area contributed by atoms with E-state index >= 15 is 0 Å². The van der Waals surface area contributed by atoms with Gasteiger partial charge < -0.3 is 15.1 Å². The zero-order chi connectivity index (χ0) is 20.8. The highest BCUT2D eigenvalue weighted by Gasteiger charge is 2.23. The van der Waals surface area contributed by atoms with Crippen molar-refractivity contribution in [2.75, 3.05) is 42.9 Å². The first kappa shape index (κ1) is 20.8. The van der Waals surface area contributed by atoms with Crippen LogP contribution in [0.2, 0.25) is 0 Å². The lowest BCUT2D eigenvalue weighted by Gasteiger charge is -2.33. The molecule has 0 aliphatic carbocycles. The summed E-state index contributed by atoms with van der Waals surface area (Å²) in [5.74, 6) is 0.0550. The predicted molar refractivity (Wildman–Crippen MR) is 115 cm³/mol. The van der Waals surface area contributed by atoms with E-state index in [1.165, 1.54) is 16.0 Å². The lowest BCUT2D eigenvalue weighted by molar-refractivity contribution is -0.892. The van der Waals surface area contributed by atoms with E-state index < -0.39 is 0 Å². The molecule has 2 N–H and O–H groups in total. The van der Waals surface area contributed by atoms with Gasteiger partial charge in [0.2, 0.25) is 0 Å². The second-order valence-corrected chi connectivity index (χ2v) is 7.39. The molecule has 0 unspecified atom stereocenters. The lowest BCUT2D eigenvalue weighted by Crippen LogP contribution is -3.15. The van der Waals surface area contributed by atoms with Crippen molar-refractivity contribution in [2.45, 2.75) is 26.7 Å². The van der Waals surface area contributed by atoms with Gasteiger partial charge >= 0.3 is 0 Å². The third-order valence-electron chi connectivity index (χ3n) is 5.57. The summed E-state index contributed by atoms with van der Waals surface area (Å²) in [6.07, 6.45) is 1.79. The van der Waals surface area contributed by atoms with Gasteiger partial charge in [-0.25, -0.2) is 0 Å². The van der Waals surface area contributed by atoms with E-state index in [0.29, 0.717) is 6.54 Å². The second kappa shape index (κ2) is 9.52. The van der Waals surface area contributed by atoms with Crippen molar-refractivity contribution in [2.24, 2.45) is 0 Å². The van der Waals surface area contributed by atoms with Gasteiger partial charge in [-0.3, -0.25) is 14.9 Å². The predicted octanol–water partition coefficient (Wildman–Crippen LogP) is 2.06. The number of aryl methyl sites for hydroxylation is 2. The highest BCUT2D eigenvalue weighted by molar-refractivity contribution is 5.93. The van der Waals surface area contributed by atoms with E-state index in [4.69, 9.17) is 0 Å². The number of quaternary nitrogens is 1. The Balaban J connectivity index is 1.54. The van der Waals surface area contributed by atoms with Gasteiger partial charge in [-0.15, -0.1) is 0 Å². The maximum Gasteiger partial charge on any atom is 0.279 e. The number of piperazine rings is 1. The van der Waals surface area contributed by atoms with Gasteiger partial charge in [-0.2, -0.15) is 0 Å². The van der Waals surface area contributed by atoms with Crippen LogP contribution < -0.4 is 15.1 Å². The summed E-state index contributed by atoms with van der Waals surface area (Å²) < 4.78 is 0. The van der Waals surface area contributed by atoms with Gasteiger partial charge in [0.1, 0.15) is 0 Å². The van der Waals surface area contributed by atoms with E-state index in [-0.39, 0.29) is 16.5 Å². The van der Waals surface area contributed by atoms with Crippen molar-refractivity contribution in [3.63, 3.8) is 0 Å². The molecule has 0 aromatic heterocycles. The molecular weight excluding hydrogens is 368 g/mol. The fourth-order valence-corrected chi connectivity index (χ4v) is 3.86. The van der Waals surface area contributed by atoms with Crippen molar-refractivity contribution in [3.8, 4) is 0 Å². The molecule has 0 bridgehead atoms. The molecule has 2 aromatic carbocycles. The molecule has 0 radical (unpaired) electrons. The number of hydrogen-bond acceptors (Lipinski definition) is 4. The van der Waals surface area contributed by atoms with Crippen molar-refractivity contribution in [1.29, 1.82) is 0 Å². The number of amides is 1. The van der Waals surface area contributed by atoms with Gasteiger partial charge in [0.15, 0.2) is 6.54 Å². The smallest absolute Gasteiger partial charge is 0.279 e. The summed E-state index contributed by atoms with van der Waals surface area (Å²) >= 11 is 0. The highest BCUT2D eigenvalue weighted by atomic mass is 16.6. The largest absolute Gasteiger partial charge is 0.360 e. The van der Waals surface area contributed by atoms with E-state index in [1.54, 1.807) is 24.3 Å². The minimum Gasteiger partial charge on any atom is -0.360 e. The van der Waals surface area contributed by atoms with E-state index in [0.717, 1.165) is 50.4 Å². The van der Waals surface area contributed by atoms with Crippen molar-refractivity contribution in [3.05, 3.63) is 63.7 Å². The molecule has 7 heteroatoms. The minimum absolute atomic E-state index is 0.0550.